The number of aliphatic hydroxyl groups excluding tert-OH is 2. The minimum absolute atomic E-state index is 0.182. The van der Waals surface area contributed by atoms with Crippen molar-refractivity contribution in [2.24, 2.45) is 5.73 Å². The van der Waals surface area contributed by atoms with E-state index in [1.165, 1.54) is 55.2 Å². The third kappa shape index (κ3) is 7.47. The highest BCUT2D eigenvalue weighted by Gasteiger charge is 2.22. The molecule has 0 unspecified atom stereocenters. The van der Waals surface area contributed by atoms with E-state index in [1.807, 2.05) is 0 Å². The van der Waals surface area contributed by atoms with Crippen LogP contribution in [-0.2, 0) is 12.8 Å². The number of hydrogen-bond acceptors (Lipinski definition) is 3. The van der Waals surface area contributed by atoms with Crippen LogP contribution in [0.1, 0.15) is 68.6 Å². The summed E-state index contributed by atoms with van der Waals surface area (Å²) < 4.78 is 0. The van der Waals surface area contributed by atoms with Gasteiger partial charge in [0.25, 0.3) is 0 Å². The van der Waals surface area contributed by atoms with E-state index in [0.29, 0.717) is 6.42 Å². The van der Waals surface area contributed by atoms with Crippen LogP contribution >= 0.6 is 0 Å². The normalized spacial score (nSPS) is 11.9. The highest BCUT2D eigenvalue weighted by atomic mass is 16.3. The molecule has 1 aromatic rings. The van der Waals surface area contributed by atoms with E-state index in [1.54, 1.807) is 0 Å². The van der Waals surface area contributed by atoms with Gasteiger partial charge in [-0.2, -0.15) is 0 Å². The molecule has 0 saturated carbocycles. The molecule has 23 heavy (non-hydrogen) atoms. The van der Waals surface area contributed by atoms with Crippen molar-refractivity contribution in [2.75, 3.05) is 13.2 Å². The van der Waals surface area contributed by atoms with E-state index in [-0.39, 0.29) is 13.2 Å². The van der Waals surface area contributed by atoms with Gasteiger partial charge in [-0.3, -0.25) is 0 Å². The molecule has 0 heterocycles. The lowest BCUT2D eigenvalue weighted by atomic mass is 9.92. The Kier molecular flexibility index (Phi) is 9.46. The van der Waals surface area contributed by atoms with E-state index < -0.39 is 5.54 Å². The van der Waals surface area contributed by atoms with E-state index in [2.05, 4.69) is 32.0 Å². The quantitative estimate of drug-likeness (QED) is 0.516. The zero-order valence-electron chi connectivity index (χ0n) is 15.0. The molecule has 1 rings (SSSR count). The topological polar surface area (TPSA) is 66.5 Å². The fourth-order valence-corrected chi connectivity index (χ4v) is 2.89. The van der Waals surface area contributed by atoms with Crippen molar-refractivity contribution in [1.82, 2.24) is 0 Å². The molecule has 0 aliphatic carbocycles. The standard InChI is InChI=1S/C20H35NO2/c1-3-4-5-6-7-8-9-19-11-10-18(14-17(19)2)12-13-20(21,15-22)16-23/h10-11,14,22-23H,3-9,12-13,15-16,21H2,1-2H3. The number of unbranched alkanes of at least 4 members (excludes halogenated alkanes) is 5. The first-order valence-electron chi connectivity index (χ1n) is 9.13. The molecule has 1 aromatic carbocycles. The van der Waals surface area contributed by atoms with Gasteiger partial charge in [-0.05, 0) is 49.3 Å². The maximum atomic E-state index is 9.25. The second-order valence-corrected chi connectivity index (χ2v) is 6.96. The number of aryl methyl sites for hydroxylation is 3. The molecule has 4 N–H and O–H groups in total. The van der Waals surface area contributed by atoms with Crippen LogP contribution < -0.4 is 5.73 Å². The SMILES string of the molecule is CCCCCCCCc1ccc(CCC(N)(CO)CO)cc1C. The summed E-state index contributed by atoms with van der Waals surface area (Å²) in [5, 5.41) is 18.5. The van der Waals surface area contributed by atoms with Gasteiger partial charge >= 0.3 is 0 Å². The molecule has 0 aliphatic heterocycles. The van der Waals surface area contributed by atoms with Crippen LogP contribution in [0.3, 0.4) is 0 Å². The lowest BCUT2D eigenvalue weighted by Gasteiger charge is -2.24. The predicted molar refractivity (Wildman–Crippen MR) is 97.7 cm³/mol. The third-order valence-electron chi connectivity index (χ3n) is 4.75. The fraction of sp³-hybridized carbons (Fsp3) is 0.700. The predicted octanol–water partition coefficient (Wildman–Crippen LogP) is 3.51. The van der Waals surface area contributed by atoms with Crippen LogP contribution in [0.2, 0.25) is 0 Å². The molecule has 0 atom stereocenters. The molecule has 0 aliphatic rings. The van der Waals surface area contributed by atoms with Crippen molar-refractivity contribution in [1.29, 1.82) is 0 Å². The molecule has 0 aromatic heterocycles. The number of nitrogens with two attached hydrogens (primary N) is 1. The summed E-state index contributed by atoms with van der Waals surface area (Å²) in [4.78, 5) is 0. The van der Waals surface area contributed by atoms with Crippen LogP contribution in [0, 0.1) is 6.92 Å². The minimum Gasteiger partial charge on any atom is -0.394 e. The van der Waals surface area contributed by atoms with Gasteiger partial charge in [-0.1, -0.05) is 57.2 Å². The smallest absolute Gasteiger partial charge is 0.0633 e. The summed E-state index contributed by atoms with van der Waals surface area (Å²) in [5.41, 5.74) is 9.06. The van der Waals surface area contributed by atoms with Crippen LogP contribution in [0.4, 0.5) is 0 Å². The lowest BCUT2D eigenvalue weighted by Crippen LogP contribution is -2.47. The van der Waals surface area contributed by atoms with E-state index in [4.69, 9.17) is 5.73 Å². The largest absolute Gasteiger partial charge is 0.394 e. The number of hydrogen-bond donors (Lipinski definition) is 3. The fourth-order valence-electron chi connectivity index (χ4n) is 2.89. The van der Waals surface area contributed by atoms with Gasteiger partial charge in [0.2, 0.25) is 0 Å². The van der Waals surface area contributed by atoms with Gasteiger partial charge in [0.15, 0.2) is 0 Å². The first-order valence-corrected chi connectivity index (χ1v) is 9.13. The van der Waals surface area contributed by atoms with Crippen LogP contribution in [0.15, 0.2) is 18.2 Å². The van der Waals surface area contributed by atoms with Gasteiger partial charge in [-0.15, -0.1) is 0 Å². The second-order valence-electron chi connectivity index (χ2n) is 6.96. The molecule has 0 spiro atoms. The highest BCUT2D eigenvalue weighted by Crippen LogP contribution is 2.18. The zero-order chi connectivity index (χ0) is 17.1. The van der Waals surface area contributed by atoms with Crippen molar-refractivity contribution in [2.45, 2.75) is 77.2 Å². The van der Waals surface area contributed by atoms with E-state index in [9.17, 15) is 10.2 Å². The minimum atomic E-state index is -0.870. The first kappa shape index (κ1) is 20.1. The summed E-state index contributed by atoms with van der Waals surface area (Å²) >= 11 is 0. The Hall–Kier alpha value is -0.900. The summed E-state index contributed by atoms with van der Waals surface area (Å²) in [6.07, 6.45) is 10.5. The summed E-state index contributed by atoms with van der Waals surface area (Å²) in [5.74, 6) is 0. The van der Waals surface area contributed by atoms with Crippen LogP contribution in [0.25, 0.3) is 0 Å². The van der Waals surface area contributed by atoms with Crippen LogP contribution in [0.5, 0.6) is 0 Å². The molecular weight excluding hydrogens is 286 g/mol. The molecule has 3 nitrogen and oxygen atoms in total. The average Bonchev–Trinajstić information content (AvgIpc) is 2.57. The molecular formula is C20H35NO2. The number of benzene rings is 1. The Morgan fingerprint density at radius 1 is 0.957 bits per heavy atom. The molecule has 0 fully saturated rings. The maximum Gasteiger partial charge on any atom is 0.0633 e. The lowest BCUT2D eigenvalue weighted by molar-refractivity contribution is 0.115. The van der Waals surface area contributed by atoms with Crippen molar-refractivity contribution >= 4 is 0 Å². The van der Waals surface area contributed by atoms with E-state index in [0.717, 1.165) is 12.8 Å². The molecule has 132 valence electrons. The second kappa shape index (κ2) is 10.8. The first-order chi connectivity index (χ1) is 11.0. The molecule has 0 radical (unpaired) electrons. The van der Waals surface area contributed by atoms with E-state index >= 15 is 0 Å². The zero-order valence-corrected chi connectivity index (χ0v) is 15.0. The average molecular weight is 322 g/mol. The Morgan fingerprint density at radius 3 is 2.22 bits per heavy atom. The summed E-state index contributed by atoms with van der Waals surface area (Å²) in [6.45, 7) is 4.06. The van der Waals surface area contributed by atoms with Crippen molar-refractivity contribution in [3.8, 4) is 0 Å². The van der Waals surface area contributed by atoms with Crippen molar-refractivity contribution in [3.05, 3.63) is 34.9 Å². The van der Waals surface area contributed by atoms with Gasteiger partial charge in [0, 0.05) is 0 Å². The number of rotatable bonds is 12. The molecule has 0 amide bonds. The van der Waals surface area contributed by atoms with Gasteiger partial charge < -0.3 is 15.9 Å². The summed E-state index contributed by atoms with van der Waals surface area (Å²) in [7, 11) is 0. The maximum absolute atomic E-state index is 9.25. The Labute approximate surface area is 141 Å². The van der Waals surface area contributed by atoms with Crippen molar-refractivity contribution in [3.63, 3.8) is 0 Å². The third-order valence-corrected chi connectivity index (χ3v) is 4.75. The van der Waals surface area contributed by atoms with Crippen molar-refractivity contribution < 1.29 is 10.2 Å². The van der Waals surface area contributed by atoms with Gasteiger partial charge in [0.05, 0.1) is 18.8 Å². The number of aliphatic hydroxyl groups is 2. The Bertz CT molecular complexity index is 441. The van der Waals surface area contributed by atoms with Gasteiger partial charge in [-0.25, -0.2) is 0 Å². The molecule has 0 saturated heterocycles. The van der Waals surface area contributed by atoms with Gasteiger partial charge in [0.1, 0.15) is 0 Å². The monoisotopic (exact) mass is 321 g/mol. The highest BCUT2D eigenvalue weighted by molar-refractivity contribution is 5.31. The summed E-state index contributed by atoms with van der Waals surface area (Å²) in [6, 6.07) is 6.61. The van der Waals surface area contributed by atoms with Crippen LogP contribution in [-0.4, -0.2) is 29.0 Å². The Balaban J connectivity index is 2.42. The Morgan fingerprint density at radius 2 is 1.61 bits per heavy atom. The molecule has 3 heteroatoms. The molecule has 0 bridgehead atoms.